The molecule has 1 aromatic rings. The molecule has 1 atom stereocenters. The van der Waals surface area contributed by atoms with Gasteiger partial charge in [0, 0.05) is 0 Å². The molecule has 1 rings (SSSR count). The van der Waals surface area contributed by atoms with Crippen LogP contribution in [0.5, 0.6) is 5.75 Å². The van der Waals surface area contributed by atoms with Crippen molar-refractivity contribution in [3.63, 3.8) is 0 Å². The lowest BCUT2D eigenvalue weighted by Gasteiger charge is -2.22. The van der Waals surface area contributed by atoms with Crippen molar-refractivity contribution >= 4 is 28.3 Å². The highest BCUT2D eigenvalue weighted by molar-refractivity contribution is 9.10. The summed E-state index contributed by atoms with van der Waals surface area (Å²) in [5.41, 5.74) is 5.60. The second-order valence-electron chi connectivity index (χ2n) is 3.29. The number of aliphatic hydroxyl groups excluding tert-OH is 1. The number of rotatable bonds is 4. The van der Waals surface area contributed by atoms with E-state index in [1.165, 1.54) is 25.3 Å². The summed E-state index contributed by atoms with van der Waals surface area (Å²) in [4.78, 5) is 0. The molecule has 0 heterocycles. The first-order valence-corrected chi connectivity index (χ1v) is 5.29. The Morgan fingerprint density at radius 1 is 1.53 bits per heavy atom. The maximum Gasteiger partial charge on any atom is 0.289 e. The van der Waals surface area contributed by atoms with E-state index in [4.69, 9.17) is 15.6 Å². The standard InChI is InChI=1S/C10H12BrF2NO2.ClH/c1-16-8-3-2-6(4-7(8)11)9(14)10(12,13)5-15;/h2-4,9,15H,5,14H2,1H3;1H/t9-;/m0./s1. The van der Waals surface area contributed by atoms with Crippen LogP contribution in [0.25, 0.3) is 0 Å². The topological polar surface area (TPSA) is 55.5 Å². The lowest BCUT2D eigenvalue weighted by Crippen LogP contribution is -2.36. The van der Waals surface area contributed by atoms with Crippen molar-refractivity contribution in [3.05, 3.63) is 28.2 Å². The van der Waals surface area contributed by atoms with Crippen molar-refractivity contribution < 1.29 is 18.6 Å². The Balaban J connectivity index is 0.00000256. The van der Waals surface area contributed by atoms with Crippen LogP contribution in [0.2, 0.25) is 0 Å². The van der Waals surface area contributed by atoms with Gasteiger partial charge in [-0.2, -0.15) is 0 Å². The van der Waals surface area contributed by atoms with Crippen LogP contribution in [-0.2, 0) is 0 Å². The third-order valence-electron chi connectivity index (χ3n) is 2.20. The first-order valence-electron chi connectivity index (χ1n) is 4.50. The summed E-state index contributed by atoms with van der Waals surface area (Å²) < 4.78 is 31.8. The first-order chi connectivity index (χ1) is 7.42. The number of aliphatic hydroxyl groups is 1. The van der Waals surface area contributed by atoms with Crippen LogP contribution in [0.4, 0.5) is 8.78 Å². The second kappa shape index (κ2) is 6.49. The molecule has 0 radical (unpaired) electrons. The van der Waals surface area contributed by atoms with Gasteiger partial charge in [0.15, 0.2) is 0 Å². The van der Waals surface area contributed by atoms with E-state index in [0.717, 1.165) is 0 Å². The van der Waals surface area contributed by atoms with Crippen LogP contribution in [0, 0.1) is 0 Å². The molecule has 17 heavy (non-hydrogen) atoms. The van der Waals surface area contributed by atoms with Gasteiger partial charge in [-0.1, -0.05) is 6.07 Å². The third-order valence-corrected chi connectivity index (χ3v) is 2.82. The monoisotopic (exact) mass is 331 g/mol. The highest BCUT2D eigenvalue weighted by atomic mass is 79.9. The number of methoxy groups -OCH3 is 1. The molecule has 0 unspecified atom stereocenters. The number of halogens is 4. The summed E-state index contributed by atoms with van der Waals surface area (Å²) in [6.07, 6.45) is 0. The summed E-state index contributed by atoms with van der Waals surface area (Å²) in [7, 11) is 1.47. The Bertz CT molecular complexity index is 379. The molecule has 0 spiro atoms. The number of ether oxygens (including phenoxy) is 1. The summed E-state index contributed by atoms with van der Waals surface area (Å²) in [5.74, 6) is -2.81. The predicted molar refractivity (Wildman–Crippen MR) is 66.9 cm³/mol. The molecule has 0 aliphatic rings. The number of alkyl halides is 2. The smallest absolute Gasteiger partial charge is 0.289 e. The van der Waals surface area contributed by atoms with Gasteiger partial charge in [-0.05, 0) is 33.6 Å². The van der Waals surface area contributed by atoms with E-state index in [0.29, 0.717) is 10.2 Å². The van der Waals surface area contributed by atoms with Gasteiger partial charge in [0.25, 0.3) is 5.92 Å². The van der Waals surface area contributed by atoms with E-state index < -0.39 is 18.6 Å². The lowest BCUT2D eigenvalue weighted by atomic mass is 10.0. The lowest BCUT2D eigenvalue weighted by molar-refractivity contribution is -0.0712. The highest BCUT2D eigenvalue weighted by Gasteiger charge is 2.37. The molecule has 0 bridgehead atoms. The molecule has 0 saturated carbocycles. The second-order valence-corrected chi connectivity index (χ2v) is 4.15. The fourth-order valence-corrected chi connectivity index (χ4v) is 1.78. The van der Waals surface area contributed by atoms with Gasteiger partial charge >= 0.3 is 0 Å². The molecule has 0 aliphatic carbocycles. The number of nitrogens with two attached hydrogens (primary N) is 1. The number of hydrogen-bond acceptors (Lipinski definition) is 3. The van der Waals surface area contributed by atoms with Gasteiger partial charge in [-0.25, -0.2) is 8.78 Å². The van der Waals surface area contributed by atoms with Crippen molar-refractivity contribution in [2.75, 3.05) is 13.7 Å². The molecular formula is C10H13BrClF2NO2. The van der Waals surface area contributed by atoms with E-state index in [1.54, 1.807) is 0 Å². The van der Waals surface area contributed by atoms with Crippen LogP contribution in [0.15, 0.2) is 22.7 Å². The molecule has 0 saturated heterocycles. The predicted octanol–water partition coefficient (Wildman–Crippen LogP) is 2.51. The van der Waals surface area contributed by atoms with Crippen molar-refractivity contribution in [1.82, 2.24) is 0 Å². The van der Waals surface area contributed by atoms with E-state index in [2.05, 4.69) is 15.9 Å². The molecule has 1 aromatic carbocycles. The largest absolute Gasteiger partial charge is 0.496 e. The first kappa shape index (κ1) is 16.6. The molecule has 3 N–H and O–H groups in total. The van der Waals surface area contributed by atoms with E-state index in [9.17, 15) is 8.78 Å². The zero-order chi connectivity index (χ0) is 12.3. The van der Waals surface area contributed by atoms with E-state index in [1.807, 2.05) is 0 Å². The maximum absolute atomic E-state index is 13.1. The maximum atomic E-state index is 13.1. The summed E-state index contributed by atoms with van der Waals surface area (Å²) in [6, 6.07) is 2.89. The minimum Gasteiger partial charge on any atom is -0.496 e. The quantitative estimate of drug-likeness (QED) is 0.891. The SMILES string of the molecule is COc1ccc([C@H](N)C(F)(F)CO)cc1Br.Cl. The number of benzene rings is 1. The molecule has 0 fully saturated rings. The van der Waals surface area contributed by atoms with Gasteiger partial charge < -0.3 is 15.6 Å². The Kier molecular flexibility index (Phi) is 6.32. The Morgan fingerprint density at radius 3 is 2.53 bits per heavy atom. The molecule has 7 heteroatoms. The molecule has 0 aliphatic heterocycles. The van der Waals surface area contributed by atoms with E-state index in [-0.39, 0.29) is 18.0 Å². The molecule has 0 aromatic heterocycles. The van der Waals surface area contributed by atoms with Crippen LogP contribution >= 0.6 is 28.3 Å². The Morgan fingerprint density at radius 2 is 2.12 bits per heavy atom. The minimum absolute atomic E-state index is 0. The van der Waals surface area contributed by atoms with E-state index >= 15 is 0 Å². The Labute approximate surface area is 112 Å². The van der Waals surface area contributed by atoms with Crippen LogP contribution in [0.1, 0.15) is 11.6 Å². The van der Waals surface area contributed by atoms with Gasteiger partial charge in [0.05, 0.1) is 17.6 Å². The Hall–Kier alpha value is -0.430. The number of hydrogen-bond donors (Lipinski definition) is 2. The van der Waals surface area contributed by atoms with Crippen molar-refractivity contribution in [3.8, 4) is 5.75 Å². The van der Waals surface area contributed by atoms with Crippen LogP contribution in [0.3, 0.4) is 0 Å². The molecule has 3 nitrogen and oxygen atoms in total. The minimum atomic E-state index is -3.34. The normalized spacial score (nSPS) is 12.8. The zero-order valence-corrected chi connectivity index (χ0v) is 11.4. The third kappa shape index (κ3) is 3.77. The van der Waals surface area contributed by atoms with Crippen molar-refractivity contribution in [2.45, 2.75) is 12.0 Å². The average Bonchev–Trinajstić information content (AvgIpc) is 2.27. The fraction of sp³-hybridized carbons (Fsp3) is 0.400. The molecule has 0 amide bonds. The summed E-state index contributed by atoms with van der Waals surface area (Å²) >= 11 is 3.18. The van der Waals surface area contributed by atoms with Crippen molar-refractivity contribution in [2.24, 2.45) is 5.73 Å². The molecule has 98 valence electrons. The highest BCUT2D eigenvalue weighted by Crippen LogP contribution is 2.33. The van der Waals surface area contributed by atoms with Gasteiger partial charge in [-0.15, -0.1) is 12.4 Å². The fourth-order valence-electron chi connectivity index (χ4n) is 1.22. The molecular weight excluding hydrogens is 319 g/mol. The van der Waals surface area contributed by atoms with Crippen LogP contribution in [-0.4, -0.2) is 24.7 Å². The van der Waals surface area contributed by atoms with Crippen LogP contribution < -0.4 is 10.5 Å². The zero-order valence-electron chi connectivity index (χ0n) is 8.99. The van der Waals surface area contributed by atoms with Gasteiger partial charge in [-0.3, -0.25) is 0 Å². The van der Waals surface area contributed by atoms with Crippen molar-refractivity contribution in [1.29, 1.82) is 0 Å². The summed E-state index contributed by atoms with van der Waals surface area (Å²) in [5, 5.41) is 8.53. The van der Waals surface area contributed by atoms with Gasteiger partial charge in [0.1, 0.15) is 12.4 Å². The van der Waals surface area contributed by atoms with Gasteiger partial charge in [0.2, 0.25) is 0 Å². The summed E-state index contributed by atoms with van der Waals surface area (Å²) in [6.45, 7) is -1.28. The average molecular weight is 333 g/mol.